The van der Waals surface area contributed by atoms with Crippen molar-refractivity contribution < 1.29 is 18.4 Å². The predicted molar refractivity (Wildman–Crippen MR) is 120 cm³/mol. The summed E-state index contributed by atoms with van der Waals surface area (Å²) in [5.41, 5.74) is 2.63. The Balaban J connectivity index is 1.80. The molecule has 0 fully saturated rings. The van der Waals surface area contributed by atoms with Crippen LogP contribution in [0.4, 0.5) is 14.5 Å². The summed E-state index contributed by atoms with van der Waals surface area (Å²) < 4.78 is 27.5. The van der Waals surface area contributed by atoms with Crippen LogP contribution in [0.3, 0.4) is 0 Å². The molecular weight excluding hydrogens is 434 g/mol. The van der Waals surface area contributed by atoms with E-state index in [2.05, 4.69) is 10.6 Å². The van der Waals surface area contributed by atoms with Crippen LogP contribution in [0, 0.1) is 17.0 Å². The summed E-state index contributed by atoms with van der Waals surface area (Å²) in [6, 6.07) is 9.94. The van der Waals surface area contributed by atoms with Crippen LogP contribution in [-0.2, 0) is 9.59 Å². The molecular formula is C25H23ClF2N2O2. The smallest absolute Gasteiger partial charge is 0.254 e. The molecule has 1 aliphatic carbocycles. The Kier molecular flexibility index (Phi) is 5.67. The lowest BCUT2D eigenvalue weighted by atomic mass is 9.68. The van der Waals surface area contributed by atoms with E-state index in [-0.39, 0.29) is 16.9 Å². The number of hydrogen-bond donors (Lipinski definition) is 2. The normalized spacial score (nSPS) is 20.1. The van der Waals surface area contributed by atoms with Crippen LogP contribution >= 0.6 is 11.6 Å². The number of hydrogen-bond acceptors (Lipinski definition) is 3. The van der Waals surface area contributed by atoms with Crippen LogP contribution < -0.4 is 10.6 Å². The third-order valence-electron chi connectivity index (χ3n) is 5.87. The number of carbonyl (C=O) groups excluding carboxylic acids is 2. The second-order valence-corrected chi connectivity index (χ2v) is 9.50. The SMILES string of the molecule is CC1=C(C(=O)Nc2ccc(F)cc2F)[C@@H](c2ccc(Cl)cc2)C2=C(CC(C)(C)CC2=O)N1. The molecule has 2 aromatic rings. The fourth-order valence-corrected chi connectivity index (χ4v) is 4.63. The summed E-state index contributed by atoms with van der Waals surface area (Å²) in [7, 11) is 0. The first-order valence-corrected chi connectivity index (χ1v) is 10.7. The summed E-state index contributed by atoms with van der Waals surface area (Å²) in [5, 5.41) is 6.33. The second kappa shape index (κ2) is 8.17. The second-order valence-electron chi connectivity index (χ2n) is 9.06. The molecule has 0 aromatic heterocycles. The topological polar surface area (TPSA) is 58.2 Å². The van der Waals surface area contributed by atoms with Gasteiger partial charge < -0.3 is 10.6 Å². The molecule has 0 unspecified atom stereocenters. The minimum absolute atomic E-state index is 0.0329. The van der Waals surface area contributed by atoms with Crippen molar-refractivity contribution in [1.82, 2.24) is 5.32 Å². The minimum Gasteiger partial charge on any atom is -0.362 e. The molecule has 7 heteroatoms. The molecule has 0 saturated heterocycles. The molecule has 2 aliphatic rings. The van der Waals surface area contributed by atoms with Gasteiger partial charge in [0, 0.05) is 46.0 Å². The number of amides is 1. The van der Waals surface area contributed by atoms with Crippen molar-refractivity contribution in [2.24, 2.45) is 5.41 Å². The van der Waals surface area contributed by atoms with Crippen LogP contribution in [0.5, 0.6) is 0 Å². The number of allylic oxidation sites excluding steroid dienone is 3. The number of ketones is 1. The number of benzene rings is 2. The lowest BCUT2D eigenvalue weighted by Gasteiger charge is -2.39. The number of anilines is 1. The summed E-state index contributed by atoms with van der Waals surface area (Å²) in [6.07, 6.45) is 1.02. The first kappa shape index (κ1) is 22.2. The van der Waals surface area contributed by atoms with Gasteiger partial charge in [0.2, 0.25) is 0 Å². The van der Waals surface area contributed by atoms with Crippen molar-refractivity contribution >= 4 is 29.0 Å². The molecule has 1 atom stereocenters. The molecule has 1 heterocycles. The first-order chi connectivity index (χ1) is 15.1. The Morgan fingerprint density at radius 1 is 1.12 bits per heavy atom. The van der Waals surface area contributed by atoms with Crippen LogP contribution in [-0.4, -0.2) is 11.7 Å². The zero-order valence-corrected chi connectivity index (χ0v) is 18.7. The van der Waals surface area contributed by atoms with E-state index in [0.717, 1.165) is 17.3 Å². The highest BCUT2D eigenvalue weighted by molar-refractivity contribution is 6.30. The molecule has 1 aliphatic heterocycles. The zero-order chi connectivity index (χ0) is 23.2. The quantitative estimate of drug-likeness (QED) is 0.608. The van der Waals surface area contributed by atoms with E-state index in [0.29, 0.717) is 40.8 Å². The van der Waals surface area contributed by atoms with Crippen molar-refractivity contribution in [1.29, 1.82) is 0 Å². The first-order valence-electron chi connectivity index (χ1n) is 10.3. The largest absolute Gasteiger partial charge is 0.362 e. The molecule has 0 saturated carbocycles. The van der Waals surface area contributed by atoms with Crippen LogP contribution in [0.15, 0.2) is 65.0 Å². The summed E-state index contributed by atoms with van der Waals surface area (Å²) in [5.74, 6) is -2.84. The standard InChI is InChI=1S/C25H23ClF2N2O2/c1-13-21(24(32)30-18-9-8-16(27)10-17(18)28)22(14-4-6-15(26)7-5-14)23-19(29-13)11-25(2,3)12-20(23)31/h4-10,22,29H,11-12H2,1-3H3,(H,30,32)/t22-/m1/s1. The van der Waals surface area contributed by atoms with E-state index < -0.39 is 23.5 Å². The third kappa shape index (κ3) is 4.19. The molecule has 32 heavy (non-hydrogen) atoms. The number of Topliss-reactive ketones (excluding diaryl/α,β-unsaturated/α-hetero) is 1. The molecule has 1 amide bonds. The van der Waals surface area contributed by atoms with E-state index in [4.69, 9.17) is 11.6 Å². The van der Waals surface area contributed by atoms with Crippen LogP contribution in [0.2, 0.25) is 5.02 Å². The Bertz CT molecular complexity index is 1180. The van der Waals surface area contributed by atoms with Gasteiger partial charge in [-0.15, -0.1) is 0 Å². The maximum absolute atomic E-state index is 14.2. The van der Waals surface area contributed by atoms with Crippen LogP contribution in [0.25, 0.3) is 0 Å². The highest BCUT2D eigenvalue weighted by atomic mass is 35.5. The summed E-state index contributed by atoms with van der Waals surface area (Å²) in [6.45, 7) is 5.83. The molecule has 0 bridgehead atoms. The van der Waals surface area contributed by atoms with Crippen molar-refractivity contribution in [3.05, 3.63) is 87.2 Å². The Hall–Kier alpha value is -2.99. The van der Waals surface area contributed by atoms with Crippen LogP contribution in [0.1, 0.15) is 45.1 Å². The van der Waals surface area contributed by atoms with Gasteiger partial charge in [-0.3, -0.25) is 9.59 Å². The number of rotatable bonds is 3. The number of dihydropyridines is 1. The maximum atomic E-state index is 14.2. The summed E-state index contributed by atoms with van der Waals surface area (Å²) >= 11 is 6.06. The Labute approximate surface area is 190 Å². The number of halogens is 3. The van der Waals surface area contributed by atoms with Gasteiger partial charge in [-0.2, -0.15) is 0 Å². The van der Waals surface area contributed by atoms with Crippen molar-refractivity contribution in [3.8, 4) is 0 Å². The van der Waals surface area contributed by atoms with Gasteiger partial charge in [0.25, 0.3) is 5.91 Å². The zero-order valence-electron chi connectivity index (χ0n) is 18.0. The maximum Gasteiger partial charge on any atom is 0.254 e. The Morgan fingerprint density at radius 2 is 1.81 bits per heavy atom. The number of nitrogens with one attached hydrogen (secondary N) is 2. The van der Waals surface area contributed by atoms with Gasteiger partial charge in [0.1, 0.15) is 11.6 Å². The van der Waals surface area contributed by atoms with E-state index >= 15 is 0 Å². The molecule has 166 valence electrons. The predicted octanol–water partition coefficient (Wildman–Crippen LogP) is 5.86. The molecule has 0 radical (unpaired) electrons. The number of carbonyl (C=O) groups is 2. The van der Waals surface area contributed by atoms with E-state index in [1.807, 2.05) is 13.8 Å². The van der Waals surface area contributed by atoms with Gasteiger partial charge >= 0.3 is 0 Å². The van der Waals surface area contributed by atoms with E-state index in [1.165, 1.54) is 6.07 Å². The summed E-state index contributed by atoms with van der Waals surface area (Å²) in [4.78, 5) is 26.6. The van der Waals surface area contributed by atoms with Crippen molar-refractivity contribution in [3.63, 3.8) is 0 Å². The van der Waals surface area contributed by atoms with Gasteiger partial charge in [0.05, 0.1) is 5.69 Å². The average Bonchev–Trinajstić information content (AvgIpc) is 2.68. The highest BCUT2D eigenvalue weighted by Crippen LogP contribution is 2.46. The van der Waals surface area contributed by atoms with Gasteiger partial charge in [0.15, 0.2) is 5.78 Å². The molecule has 4 rings (SSSR count). The molecule has 2 aromatic carbocycles. The highest BCUT2D eigenvalue weighted by Gasteiger charge is 2.42. The lowest BCUT2D eigenvalue weighted by molar-refractivity contribution is -0.118. The fourth-order valence-electron chi connectivity index (χ4n) is 4.51. The van der Waals surface area contributed by atoms with Gasteiger partial charge in [-0.1, -0.05) is 37.6 Å². The molecule has 4 nitrogen and oxygen atoms in total. The van der Waals surface area contributed by atoms with Crippen molar-refractivity contribution in [2.45, 2.75) is 39.5 Å². The minimum atomic E-state index is -0.876. The molecule has 0 spiro atoms. The van der Waals surface area contributed by atoms with Crippen molar-refractivity contribution in [2.75, 3.05) is 5.32 Å². The average molecular weight is 457 g/mol. The third-order valence-corrected chi connectivity index (χ3v) is 6.12. The fraction of sp³-hybridized carbons (Fsp3) is 0.280. The molecule has 2 N–H and O–H groups in total. The van der Waals surface area contributed by atoms with E-state index in [9.17, 15) is 18.4 Å². The van der Waals surface area contributed by atoms with Gasteiger partial charge in [-0.25, -0.2) is 8.78 Å². The monoisotopic (exact) mass is 456 g/mol. The van der Waals surface area contributed by atoms with E-state index in [1.54, 1.807) is 31.2 Å². The Morgan fingerprint density at radius 3 is 2.47 bits per heavy atom. The van der Waals surface area contributed by atoms with Gasteiger partial charge in [-0.05, 0) is 48.6 Å². The lowest BCUT2D eigenvalue weighted by Crippen LogP contribution is -2.39.